The quantitative estimate of drug-likeness (QED) is 0.688. The lowest BCUT2D eigenvalue weighted by Crippen LogP contribution is -2.46. The highest BCUT2D eigenvalue weighted by Gasteiger charge is 2.35. The molecular formula is C23H24N4O2. The van der Waals surface area contributed by atoms with Crippen molar-refractivity contribution in [1.82, 2.24) is 19.4 Å². The summed E-state index contributed by atoms with van der Waals surface area (Å²) in [6.45, 7) is 3.72. The lowest BCUT2D eigenvalue weighted by Gasteiger charge is -2.43. The molecule has 0 amide bonds. The molecule has 0 radical (unpaired) electrons. The zero-order valence-electron chi connectivity index (χ0n) is 16.5. The average Bonchev–Trinajstić information content (AvgIpc) is 2.76. The van der Waals surface area contributed by atoms with Crippen LogP contribution in [0.5, 0.6) is 5.75 Å². The van der Waals surface area contributed by atoms with E-state index in [1.165, 1.54) is 11.9 Å². The lowest BCUT2D eigenvalue weighted by atomic mass is 9.82. The Balaban J connectivity index is 1.39. The molecule has 0 unspecified atom stereocenters. The van der Waals surface area contributed by atoms with Crippen LogP contribution in [-0.4, -0.2) is 39.6 Å². The number of ether oxygens (including phenoxy) is 1. The molecule has 148 valence electrons. The molecule has 6 heteroatoms. The van der Waals surface area contributed by atoms with E-state index in [1.54, 1.807) is 19.5 Å². The topological polar surface area (TPSA) is 60.2 Å². The van der Waals surface area contributed by atoms with Crippen LogP contribution in [0.25, 0.3) is 11.1 Å². The summed E-state index contributed by atoms with van der Waals surface area (Å²) in [5.41, 5.74) is 4.00. The molecule has 6 nitrogen and oxygen atoms in total. The molecule has 4 heterocycles. The van der Waals surface area contributed by atoms with Gasteiger partial charge in [-0.15, -0.1) is 0 Å². The maximum absolute atomic E-state index is 13.2. The molecule has 29 heavy (non-hydrogen) atoms. The first-order chi connectivity index (χ1) is 14.2. The SMILES string of the molecule is COc1ccc(CN2C[C@H]3C[C@H](C2)c2ccc(-c4cncnc4)c(=O)n2C3)cc1. The number of benzene rings is 1. The number of hydrogen-bond donors (Lipinski definition) is 0. The van der Waals surface area contributed by atoms with Crippen LogP contribution < -0.4 is 10.3 Å². The van der Waals surface area contributed by atoms with E-state index in [1.807, 2.05) is 22.8 Å². The Morgan fingerprint density at radius 2 is 1.83 bits per heavy atom. The number of pyridine rings is 1. The van der Waals surface area contributed by atoms with Crippen molar-refractivity contribution in [3.63, 3.8) is 0 Å². The molecule has 2 bridgehead atoms. The fourth-order valence-corrected chi connectivity index (χ4v) is 4.82. The van der Waals surface area contributed by atoms with Gasteiger partial charge in [-0.2, -0.15) is 0 Å². The van der Waals surface area contributed by atoms with Gasteiger partial charge in [-0.05, 0) is 42.2 Å². The largest absolute Gasteiger partial charge is 0.497 e. The lowest BCUT2D eigenvalue weighted by molar-refractivity contribution is 0.114. The summed E-state index contributed by atoms with van der Waals surface area (Å²) < 4.78 is 7.25. The Bertz CT molecular complexity index is 1060. The van der Waals surface area contributed by atoms with Crippen LogP contribution in [0.15, 0.2) is 59.9 Å². The van der Waals surface area contributed by atoms with E-state index in [0.29, 0.717) is 17.4 Å². The van der Waals surface area contributed by atoms with Crippen molar-refractivity contribution in [3.05, 3.63) is 76.7 Å². The van der Waals surface area contributed by atoms with Gasteiger partial charge in [0.05, 0.1) is 12.7 Å². The van der Waals surface area contributed by atoms with Gasteiger partial charge in [-0.1, -0.05) is 12.1 Å². The van der Waals surface area contributed by atoms with Gasteiger partial charge in [0.15, 0.2) is 0 Å². The van der Waals surface area contributed by atoms with Crippen molar-refractivity contribution in [2.45, 2.75) is 25.4 Å². The van der Waals surface area contributed by atoms with E-state index in [-0.39, 0.29) is 5.56 Å². The second-order valence-corrected chi connectivity index (χ2v) is 8.06. The third-order valence-electron chi connectivity index (χ3n) is 6.12. The van der Waals surface area contributed by atoms with Crippen molar-refractivity contribution in [2.24, 2.45) is 5.92 Å². The van der Waals surface area contributed by atoms with Gasteiger partial charge < -0.3 is 9.30 Å². The van der Waals surface area contributed by atoms with Crippen molar-refractivity contribution in [2.75, 3.05) is 20.2 Å². The van der Waals surface area contributed by atoms with Crippen molar-refractivity contribution < 1.29 is 4.74 Å². The molecule has 1 fully saturated rings. The van der Waals surface area contributed by atoms with Gasteiger partial charge in [-0.25, -0.2) is 9.97 Å². The molecule has 0 N–H and O–H groups in total. The first kappa shape index (κ1) is 18.1. The molecule has 1 aromatic carbocycles. The fraction of sp³-hybridized carbons (Fsp3) is 0.348. The molecule has 2 aromatic heterocycles. The normalized spacial score (nSPS) is 20.9. The average molecular weight is 388 g/mol. The molecule has 0 spiro atoms. The van der Waals surface area contributed by atoms with Crippen LogP contribution in [0.1, 0.15) is 23.6 Å². The minimum absolute atomic E-state index is 0.0793. The third kappa shape index (κ3) is 3.44. The van der Waals surface area contributed by atoms with Gasteiger partial charge in [0.25, 0.3) is 5.56 Å². The van der Waals surface area contributed by atoms with Gasteiger partial charge in [0.1, 0.15) is 12.1 Å². The number of likely N-dealkylation sites (tertiary alicyclic amines) is 1. The number of fused-ring (bicyclic) bond motifs is 4. The van der Waals surface area contributed by atoms with Crippen LogP contribution in [0.4, 0.5) is 0 Å². The van der Waals surface area contributed by atoms with E-state index >= 15 is 0 Å². The van der Waals surface area contributed by atoms with Crippen LogP contribution in [-0.2, 0) is 13.1 Å². The highest BCUT2D eigenvalue weighted by molar-refractivity contribution is 5.60. The number of rotatable bonds is 4. The monoisotopic (exact) mass is 388 g/mol. The maximum atomic E-state index is 13.2. The first-order valence-corrected chi connectivity index (χ1v) is 10.1. The van der Waals surface area contributed by atoms with Crippen LogP contribution >= 0.6 is 0 Å². The predicted octanol–water partition coefficient (Wildman–Crippen LogP) is 2.93. The van der Waals surface area contributed by atoms with Gasteiger partial charge in [0.2, 0.25) is 0 Å². The smallest absolute Gasteiger partial charge is 0.258 e. The first-order valence-electron chi connectivity index (χ1n) is 10.1. The van der Waals surface area contributed by atoms with Gasteiger partial charge in [0, 0.05) is 55.7 Å². The van der Waals surface area contributed by atoms with Crippen LogP contribution in [0, 0.1) is 5.92 Å². The second kappa shape index (κ2) is 7.44. The number of piperidine rings is 1. The Kier molecular flexibility index (Phi) is 4.64. The Morgan fingerprint density at radius 1 is 1.03 bits per heavy atom. The molecule has 1 saturated heterocycles. The predicted molar refractivity (Wildman–Crippen MR) is 111 cm³/mol. The van der Waals surface area contributed by atoms with E-state index in [0.717, 1.165) is 49.6 Å². The van der Waals surface area contributed by atoms with E-state index in [9.17, 15) is 4.79 Å². The van der Waals surface area contributed by atoms with Crippen molar-refractivity contribution in [3.8, 4) is 16.9 Å². The van der Waals surface area contributed by atoms with Gasteiger partial charge in [-0.3, -0.25) is 9.69 Å². The number of aromatic nitrogens is 3. The Morgan fingerprint density at radius 3 is 2.59 bits per heavy atom. The molecule has 5 rings (SSSR count). The van der Waals surface area contributed by atoms with E-state index < -0.39 is 0 Å². The minimum Gasteiger partial charge on any atom is -0.497 e. The summed E-state index contributed by atoms with van der Waals surface area (Å²) >= 11 is 0. The van der Waals surface area contributed by atoms with Crippen molar-refractivity contribution in [1.29, 1.82) is 0 Å². The summed E-state index contributed by atoms with van der Waals surface area (Å²) in [5.74, 6) is 1.78. The summed E-state index contributed by atoms with van der Waals surface area (Å²) in [7, 11) is 1.69. The van der Waals surface area contributed by atoms with Crippen molar-refractivity contribution >= 4 is 0 Å². The summed E-state index contributed by atoms with van der Waals surface area (Å²) in [6, 6.07) is 12.4. The molecule has 2 aliphatic rings. The number of hydrogen-bond acceptors (Lipinski definition) is 5. The zero-order chi connectivity index (χ0) is 19.8. The van der Waals surface area contributed by atoms with E-state index in [4.69, 9.17) is 4.74 Å². The minimum atomic E-state index is 0.0793. The molecular weight excluding hydrogens is 364 g/mol. The fourth-order valence-electron chi connectivity index (χ4n) is 4.82. The summed E-state index contributed by atoms with van der Waals surface area (Å²) in [5, 5.41) is 0. The summed E-state index contributed by atoms with van der Waals surface area (Å²) in [4.78, 5) is 23.8. The van der Waals surface area contributed by atoms with Gasteiger partial charge >= 0.3 is 0 Å². The highest BCUT2D eigenvalue weighted by atomic mass is 16.5. The summed E-state index contributed by atoms with van der Waals surface area (Å²) in [6.07, 6.45) is 6.06. The number of methoxy groups -OCH3 is 1. The molecule has 2 atom stereocenters. The van der Waals surface area contributed by atoms with E-state index in [2.05, 4.69) is 33.1 Å². The molecule has 2 aliphatic heterocycles. The molecule has 3 aromatic rings. The Hall–Kier alpha value is -2.99. The highest BCUT2D eigenvalue weighted by Crippen LogP contribution is 2.36. The standard InChI is InChI=1S/C23H24N4O2/c1-29-20-4-2-16(3-5-20)11-26-12-17-8-18(14-26)22-7-6-21(23(28)27(22)13-17)19-9-24-15-25-10-19/h2-7,9-10,15,17-18H,8,11-14H2,1H3/t17-,18-/m1/s1. The molecule has 0 saturated carbocycles. The Labute approximate surface area is 169 Å². The number of nitrogens with zero attached hydrogens (tertiary/aromatic N) is 4. The molecule has 0 aliphatic carbocycles. The second-order valence-electron chi connectivity index (χ2n) is 8.06. The maximum Gasteiger partial charge on any atom is 0.258 e. The van der Waals surface area contributed by atoms with Crippen LogP contribution in [0.3, 0.4) is 0 Å². The zero-order valence-corrected chi connectivity index (χ0v) is 16.5. The van der Waals surface area contributed by atoms with Crippen LogP contribution in [0.2, 0.25) is 0 Å². The third-order valence-corrected chi connectivity index (χ3v) is 6.12.